The van der Waals surface area contributed by atoms with Gasteiger partial charge >= 0.3 is 0 Å². The van der Waals surface area contributed by atoms with Crippen LogP contribution >= 0.6 is 15.9 Å². The summed E-state index contributed by atoms with van der Waals surface area (Å²) in [6, 6.07) is 10.6. The number of anilines is 1. The molecule has 0 spiro atoms. The monoisotopic (exact) mass is 334 g/mol. The van der Waals surface area contributed by atoms with Gasteiger partial charge in [-0.3, -0.25) is 4.79 Å². The lowest BCUT2D eigenvalue weighted by Crippen LogP contribution is -2.13. The predicted octanol–water partition coefficient (Wildman–Crippen LogP) is 3.88. The molecule has 0 fully saturated rings. The maximum atomic E-state index is 12.1. The van der Waals surface area contributed by atoms with E-state index in [0.717, 1.165) is 10.2 Å². The third-order valence-electron chi connectivity index (χ3n) is 2.45. The van der Waals surface area contributed by atoms with Crippen LogP contribution in [0.2, 0.25) is 0 Å². The Balaban J connectivity index is 2.06. The highest BCUT2D eigenvalue weighted by atomic mass is 79.9. The molecule has 0 unspecified atom stereocenters. The summed E-state index contributed by atoms with van der Waals surface area (Å²) in [6.45, 7) is 3.92. The number of amides is 1. The summed E-state index contributed by atoms with van der Waals surface area (Å²) in [4.78, 5) is 16.1. The predicted molar refractivity (Wildman–Crippen MR) is 82.1 cm³/mol. The van der Waals surface area contributed by atoms with Crippen molar-refractivity contribution in [2.75, 3.05) is 5.32 Å². The van der Waals surface area contributed by atoms with Gasteiger partial charge in [-0.25, -0.2) is 4.98 Å². The maximum absolute atomic E-state index is 12.1. The molecule has 1 aromatic heterocycles. The zero-order valence-electron chi connectivity index (χ0n) is 11.3. The van der Waals surface area contributed by atoms with Gasteiger partial charge in [0.05, 0.1) is 6.10 Å². The molecule has 0 aliphatic heterocycles. The van der Waals surface area contributed by atoms with E-state index in [2.05, 4.69) is 26.2 Å². The second-order valence-corrected chi connectivity index (χ2v) is 5.42. The lowest BCUT2D eigenvalue weighted by Gasteiger charge is -2.10. The summed E-state index contributed by atoms with van der Waals surface area (Å²) >= 11 is 3.33. The molecular formula is C15H15BrN2O2. The molecule has 4 nitrogen and oxygen atoms in total. The third-order valence-corrected chi connectivity index (χ3v) is 2.95. The molecule has 0 saturated carbocycles. The minimum absolute atomic E-state index is 0.112. The first-order valence-corrected chi connectivity index (χ1v) is 7.03. The Morgan fingerprint density at radius 2 is 1.95 bits per heavy atom. The SMILES string of the molecule is CC(C)Oc1ccc(C(=O)Nc2cc(Br)ccn2)cc1. The van der Waals surface area contributed by atoms with Crippen LogP contribution in [0.3, 0.4) is 0 Å². The van der Waals surface area contributed by atoms with E-state index in [0.29, 0.717) is 11.4 Å². The first kappa shape index (κ1) is 14.5. The van der Waals surface area contributed by atoms with Gasteiger partial charge in [-0.15, -0.1) is 0 Å². The molecule has 1 N–H and O–H groups in total. The van der Waals surface area contributed by atoms with Crippen LogP contribution in [0.15, 0.2) is 47.1 Å². The molecule has 0 atom stereocenters. The van der Waals surface area contributed by atoms with Crippen LogP contribution in [0.1, 0.15) is 24.2 Å². The van der Waals surface area contributed by atoms with Gasteiger partial charge in [0.25, 0.3) is 5.91 Å². The van der Waals surface area contributed by atoms with Crippen LogP contribution in [0.5, 0.6) is 5.75 Å². The van der Waals surface area contributed by atoms with E-state index in [1.165, 1.54) is 0 Å². The van der Waals surface area contributed by atoms with Crippen molar-refractivity contribution in [3.05, 3.63) is 52.6 Å². The van der Waals surface area contributed by atoms with E-state index >= 15 is 0 Å². The summed E-state index contributed by atoms with van der Waals surface area (Å²) in [5.41, 5.74) is 0.558. The molecule has 1 aromatic carbocycles. The van der Waals surface area contributed by atoms with E-state index in [1.807, 2.05) is 13.8 Å². The normalized spacial score (nSPS) is 10.4. The molecular weight excluding hydrogens is 320 g/mol. The largest absolute Gasteiger partial charge is 0.491 e. The Morgan fingerprint density at radius 1 is 1.25 bits per heavy atom. The highest BCUT2D eigenvalue weighted by Gasteiger charge is 2.07. The Bertz CT molecular complexity index is 597. The van der Waals surface area contributed by atoms with Gasteiger partial charge in [-0.1, -0.05) is 15.9 Å². The van der Waals surface area contributed by atoms with E-state index in [-0.39, 0.29) is 12.0 Å². The van der Waals surface area contributed by atoms with Crippen LogP contribution in [0.4, 0.5) is 5.82 Å². The quantitative estimate of drug-likeness (QED) is 0.922. The fourth-order valence-corrected chi connectivity index (χ4v) is 1.95. The van der Waals surface area contributed by atoms with Gasteiger partial charge in [0, 0.05) is 16.2 Å². The molecule has 1 heterocycles. The fraction of sp³-hybridized carbons (Fsp3) is 0.200. The van der Waals surface area contributed by atoms with E-state index in [9.17, 15) is 4.79 Å². The third kappa shape index (κ3) is 4.06. The number of ether oxygens (including phenoxy) is 1. The average molecular weight is 335 g/mol. The van der Waals surface area contributed by atoms with Crippen molar-refractivity contribution in [2.24, 2.45) is 0 Å². The molecule has 104 valence electrons. The standard InChI is InChI=1S/C15H15BrN2O2/c1-10(2)20-13-5-3-11(4-6-13)15(19)18-14-9-12(16)7-8-17-14/h3-10H,1-2H3,(H,17,18,19). The van der Waals surface area contributed by atoms with Crippen LogP contribution in [-0.4, -0.2) is 17.0 Å². The summed E-state index contributed by atoms with van der Waals surface area (Å²) in [5.74, 6) is 1.05. The summed E-state index contributed by atoms with van der Waals surface area (Å²) in [7, 11) is 0. The molecule has 0 saturated heterocycles. The number of rotatable bonds is 4. The Morgan fingerprint density at radius 3 is 2.55 bits per heavy atom. The number of hydrogen-bond acceptors (Lipinski definition) is 3. The Kier molecular flexibility index (Phi) is 4.74. The topological polar surface area (TPSA) is 51.2 Å². The Hall–Kier alpha value is -1.88. The highest BCUT2D eigenvalue weighted by molar-refractivity contribution is 9.10. The van der Waals surface area contributed by atoms with Gasteiger partial charge in [-0.05, 0) is 50.2 Å². The minimum atomic E-state index is -0.202. The Labute approximate surface area is 126 Å². The van der Waals surface area contributed by atoms with Gasteiger partial charge in [0.1, 0.15) is 11.6 Å². The van der Waals surface area contributed by atoms with Crippen LogP contribution in [-0.2, 0) is 0 Å². The first-order chi connectivity index (χ1) is 9.54. The van der Waals surface area contributed by atoms with Gasteiger partial charge in [0.15, 0.2) is 0 Å². The smallest absolute Gasteiger partial charge is 0.256 e. The number of benzene rings is 1. The van der Waals surface area contributed by atoms with Gasteiger partial charge in [-0.2, -0.15) is 0 Å². The molecule has 0 aliphatic carbocycles. The van der Waals surface area contributed by atoms with Crippen molar-refractivity contribution in [3.8, 4) is 5.75 Å². The van der Waals surface area contributed by atoms with Crippen LogP contribution in [0, 0.1) is 0 Å². The zero-order valence-corrected chi connectivity index (χ0v) is 12.8. The number of aromatic nitrogens is 1. The number of carbonyl (C=O) groups excluding carboxylic acids is 1. The van der Waals surface area contributed by atoms with Crippen molar-refractivity contribution in [3.63, 3.8) is 0 Å². The van der Waals surface area contributed by atoms with Crippen molar-refractivity contribution < 1.29 is 9.53 Å². The van der Waals surface area contributed by atoms with E-state index in [4.69, 9.17) is 4.74 Å². The molecule has 2 aromatic rings. The first-order valence-electron chi connectivity index (χ1n) is 6.24. The van der Waals surface area contributed by atoms with Crippen molar-refractivity contribution in [1.29, 1.82) is 0 Å². The van der Waals surface area contributed by atoms with Crippen LogP contribution in [0.25, 0.3) is 0 Å². The molecule has 0 bridgehead atoms. The molecule has 2 rings (SSSR count). The second kappa shape index (κ2) is 6.52. The molecule has 0 radical (unpaired) electrons. The summed E-state index contributed by atoms with van der Waals surface area (Å²) < 4.78 is 6.40. The average Bonchev–Trinajstić information content (AvgIpc) is 2.38. The van der Waals surface area contributed by atoms with Crippen molar-refractivity contribution in [2.45, 2.75) is 20.0 Å². The molecule has 0 aliphatic rings. The summed E-state index contributed by atoms with van der Waals surface area (Å²) in [5, 5.41) is 2.74. The number of hydrogen-bond donors (Lipinski definition) is 1. The minimum Gasteiger partial charge on any atom is -0.491 e. The molecule has 1 amide bonds. The maximum Gasteiger partial charge on any atom is 0.256 e. The number of nitrogens with zero attached hydrogens (tertiary/aromatic N) is 1. The van der Waals surface area contributed by atoms with Gasteiger partial charge < -0.3 is 10.1 Å². The molecule has 20 heavy (non-hydrogen) atoms. The van der Waals surface area contributed by atoms with Gasteiger partial charge in [0.2, 0.25) is 0 Å². The summed E-state index contributed by atoms with van der Waals surface area (Å²) in [6.07, 6.45) is 1.74. The van der Waals surface area contributed by atoms with E-state index in [1.54, 1.807) is 42.6 Å². The van der Waals surface area contributed by atoms with Crippen molar-refractivity contribution in [1.82, 2.24) is 4.98 Å². The lowest BCUT2D eigenvalue weighted by molar-refractivity contribution is 0.102. The number of carbonyl (C=O) groups is 1. The second-order valence-electron chi connectivity index (χ2n) is 4.50. The van der Waals surface area contributed by atoms with Crippen LogP contribution < -0.4 is 10.1 Å². The fourth-order valence-electron chi connectivity index (χ4n) is 1.62. The number of halogens is 1. The van der Waals surface area contributed by atoms with E-state index < -0.39 is 0 Å². The number of nitrogens with one attached hydrogen (secondary N) is 1. The van der Waals surface area contributed by atoms with Crippen molar-refractivity contribution >= 4 is 27.7 Å². The number of pyridine rings is 1. The molecule has 5 heteroatoms. The highest BCUT2D eigenvalue weighted by Crippen LogP contribution is 2.16. The lowest BCUT2D eigenvalue weighted by atomic mass is 10.2. The zero-order chi connectivity index (χ0) is 14.5.